The van der Waals surface area contributed by atoms with Crippen LogP contribution in [-0.4, -0.2) is 50.2 Å². The van der Waals surface area contributed by atoms with Gasteiger partial charge in [0.25, 0.3) is 0 Å². The maximum atomic E-state index is 13.4. The number of alkyl halides is 3. The maximum Gasteiger partial charge on any atom is 0.451 e. The van der Waals surface area contributed by atoms with Crippen molar-refractivity contribution >= 4 is 22.5 Å². The third-order valence-electron chi connectivity index (χ3n) is 7.71. The summed E-state index contributed by atoms with van der Waals surface area (Å²) in [6, 6.07) is 18.5. The molecule has 7 nitrogen and oxygen atoms in total. The average Bonchev–Trinajstić information content (AvgIpc) is 3.37. The number of benzene rings is 2. The standard InChI is InChI=1S/C28H27F3N6O/c1-18-16-35(24-9-11-32-23-15-20(7-8-22(23)24)19-5-3-2-4-6-19)12-10-21(18)26(38)36-13-14-37-25(17-36)33-34-27(37)28(29,30)31/h2-9,11,15,18,21H,10,12-14,16-17H2,1H3/t18-,21+/m1/s1. The Kier molecular flexibility index (Phi) is 6.04. The Bertz CT molecular complexity index is 1490. The van der Waals surface area contributed by atoms with E-state index >= 15 is 0 Å². The minimum absolute atomic E-state index is 0.0213. The lowest BCUT2D eigenvalue weighted by atomic mass is 9.85. The Labute approximate surface area is 217 Å². The van der Waals surface area contributed by atoms with E-state index in [9.17, 15) is 18.0 Å². The molecule has 6 rings (SSSR count). The summed E-state index contributed by atoms with van der Waals surface area (Å²) in [7, 11) is 0. The molecule has 38 heavy (non-hydrogen) atoms. The van der Waals surface area contributed by atoms with E-state index in [1.807, 2.05) is 30.5 Å². The van der Waals surface area contributed by atoms with Crippen molar-refractivity contribution in [1.29, 1.82) is 0 Å². The van der Waals surface area contributed by atoms with Gasteiger partial charge >= 0.3 is 6.18 Å². The van der Waals surface area contributed by atoms with E-state index in [1.54, 1.807) is 4.90 Å². The first-order valence-corrected chi connectivity index (χ1v) is 12.8. The van der Waals surface area contributed by atoms with Gasteiger partial charge in [-0.1, -0.05) is 49.4 Å². The summed E-state index contributed by atoms with van der Waals surface area (Å²) in [6.45, 7) is 3.80. The number of hydrogen-bond acceptors (Lipinski definition) is 5. The molecule has 4 aromatic rings. The predicted molar refractivity (Wildman–Crippen MR) is 137 cm³/mol. The fraction of sp³-hybridized carbons (Fsp3) is 0.357. The van der Waals surface area contributed by atoms with Crippen molar-refractivity contribution in [1.82, 2.24) is 24.6 Å². The summed E-state index contributed by atoms with van der Waals surface area (Å²) in [5.74, 6) is -0.955. The lowest BCUT2D eigenvalue weighted by molar-refractivity contribution is -0.148. The van der Waals surface area contributed by atoms with Gasteiger partial charge in [0.2, 0.25) is 11.7 Å². The number of nitrogens with zero attached hydrogens (tertiary/aromatic N) is 6. The molecular weight excluding hydrogens is 493 g/mol. The highest BCUT2D eigenvalue weighted by Crippen LogP contribution is 2.35. The van der Waals surface area contributed by atoms with Gasteiger partial charge in [-0.25, -0.2) is 0 Å². The minimum atomic E-state index is -4.56. The van der Waals surface area contributed by atoms with Crippen LogP contribution < -0.4 is 4.90 Å². The fourth-order valence-corrected chi connectivity index (χ4v) is 5.74. The van der Waals surface area contributed by atoms with E-state index in [-0.39, 0.29) is 43.2 Å². The summed E-state index contributed by atoms with van der Waals surface area (Å²) >= 11 is 0. The number of anilines is 1. The van der Waals surface area contributed by atoms with E-state index in [4.69, 9.17) is 0 Å². The van der Waals surface area contributed by atoms with Gasteiger partial charge in [0, 0.05) is 49.4 Å². The number of pyridine rings is 1. The molecule has 10 heteroatoms. The van der Waals surface area contributed by atoms with Crippen molar-refractivity contribution in [3.63, 3.8) is 0 Å². The largest absolute Gasteiger partial charge is 0.451 e. The summed E-state index contributed by atoms with van der Waals surface area (Å²) in [6.07, 6.45) is -2.06. The fourth-order valence-electron chi connectivity index (χ4n) is 5.74. The zero-order chi connectivity index (χ0) is 26.4. The van der Waals surface area contributed by atoms with Crippen molar-refractivity contribution in [3.8, 4) is 11.1 Å². The highest BCUT2D eigenvalue weighted by Gasteiger charge is 2.41. The Morgan fingerprint density at radius 1 is 0.974 bits per heavy atom. The number of aromatic nitrogens is 4. The zero-order valence-corrected chi connectivity index (χ0v) is 20.9. The minimum Gasteiger partial charge on any atom is -0.371 e. The first-order chi connectivity index (χ1) is 18.3. The molecule has 196 valence electrons. The van der Waals surface area contributed by atoms with Crippen LogP contribution in [0.15, 0.2) is 60.8 Å². The normalized spacial score (nSPS) is 20.0. The predicted octanol–water partition coefficient (Wildman–Crippen LogP) is 5.02. The SMILES string of the molecule is C[C@@H]1CN(c2ccnc3cc(-c4ccccc4)ccc23)CC[C@@H]1C(=O)N1CCn2c(nnc2C(F)(F)F)C1. The Balaban J connectivity index is 1.17. The number of amides is 1. The molecule has 0 N–H and O–H groups in total. The molecule has 2 aromatic carbocycles. The van der Waals surface area contributed by atoms with Gasteiger partial charge in [-0.3, -0.25) is 9.78 Å². The molecule has 0 radical (unpaired) electrons. The third kappa shape index (κ3) is 4.37. The van der Waals surface area contributed by atoms with Gasteiger partial charge in [0.1, 0.15) is 0 Å². The molecule has 0 saturated carbocycles. The highest BCUT2D eigenvalue weighted by atomic mass is 19.4. The smallest absolute Gasteiger partial charge is 0.371 e. The number of piperidine rings is 1. The summed E-state index contributed by atoms with van der Waals surface area (Å²) < 4.78 is 40.6. The van der Waals surface area contributed by atoms with E-state index in [1.165, 1.54) is 0 Å². The molecule has 4 heterocycles. The lowest BCUT2D eigenvalue weighted by Crippen LogP contribution is -2.49. The van der Waals surface area contributed by atoms with Crippen molar-refractivity contribution in [3.05, 3.63) is 72.4 Å². The average molecular weight is 521 g/mol. The van der Waals surface area contributed by atoms with Crippen LogP contribution in [0.3, 0.4) is 0 Å². The van der Waals surface area contributed by atoms with Crippen LogP contribution in [-0.2, 0) is 24.1 Å². The Morgan fingerprint density at radius 3 is 2.55 bits per heavy atom. The van der Waals surface area contributed by atoms with Crippen LogP contribution in [0.25, 0.3) is 22.0 Å². The topological polar surface area (TPSA) is 67.2 Å². The number of carbonyl (C=O) groups excluding carboxylic acids is 1. The lowest BCUT2D eigenvalue weighted by Gasteiger charge is -2.40. The molecule has 0 aliphatic carbocycles. The summed E-state index contributed by atoms with van der Waals surface area (Å²) in [4.78, 5) is 22.0. The van der Waals surface area contributed by atoms with Gasteiger partial charge in [-0.2, -0.15) is 13.2 Å². The van der Waals surface area contributed by atoms with Crippen LogP contribution in [0, 0.1) is 11.8 Å². The van der Waals surface area contributed by atoms with Crippen molar-refractivity contribution in [2.45, 2.75) is 32.6 Å². The third-order valence-corrected chi connectivity index (χ3v) is 7.71. The summed E-state index contributed by atoms with van der Waals surface area (Å²) in [5, 5.41) is 8.10. The molecular formula is C28H27F3N6O. The van der Waals surface area contributed by atoms with Crippen LogP contribution in [0.4, 0.5) is 18.9 Å². The Hall–Kier alpha value is -3.95. The molecule has 1 fully saturated rings. The van der Waals surface area contributed by atoms with E-state index in [2.05, 4.69) is 57.3 Å². The van der Waals surface area contributed by atoms with Crippen molar-refractivity contribution < 1.29 is 18.0 Å². The van der Waals surface area contributed by atoms with Crippen LogP contribution in [0.5, 0.6) is 0 Å². The first-order valence-electron chi connectivity index (χ1n) is 12.8. The number of rotatable bonds is 3. The van der Waals surface area contributed by atoms with E-state index in [0.29, 0.717) is 19.5 Å². The van der Waals surface area contributed by atoms with Gasteiger partial charge in [0.15, 0.2) is 5.82 Å². The van der Waals surface area contributed by atoms with Crippen LogP contribution in [0.2, 0.25) is 0 Å². The molecule has 0 bridgehead atoms. The van der Waals surface area contributed by atoms with Gasteiger partial charge in [-0.15, -0.1) is 10.2 Å². The number of fused-ring (bicyclic) bond motifs is 2. The second kappa shape index (κ2) is 9.41. The van der Waals surface area contributed by atoms with Gasteiger partial charge in [0.05, 0.1) is 12.1 Å². The van der Waals surface area contributed by atoms with E-state index in [0.717, 1.165) is 32.3 Å². The molecule has 2 aromatic heterocycles. The zero-order valence-electron chi connectivity index (χ0n) is 20.9. The number of hydrogen-bond donors (Lipinski definition) is 0. The highest BCUT2D eigenvalue weighted by molar-refractivity contribution is 5.94. The molecule has 2 atom stereocenters. The molecule has 0 spiro atoms. The Morgan fingerprint density at radius 2 is 1.79 bits per heavy atom. The maximum absolute atomic E-state index is 13.4. The quantitative estimate of drug-likeness (QED) is 0.380. The molecule has 1 amide bonds. The first kappa shape index (κ1) is 24.4. The molecule has 1 saturated heterocycles. The number of halogens is 3. The monoisotopic (exact) mass is 520 g/mol. The molecule has 0 unspecified atom stereocenters. The second-order valence-electron chi connectivity index (χ2n) is 10.1. The summed E-state index contributed by atoms with van der Waals surface area (Å²) in [5.41, 5.74) is 4.27. The van der Waals surface area contributed by atoms with Crippen LogP contribution >= 0.6 is 0 Å². The second-order valence-corrected chi connectivity index (χ2v) is 10.1. The van der Waals surface area contributed by atoms with Crippen molar-refractivity contribution in [2.24, 2.45) is 11.8 Å². The van der Waals surface area contributed by atoms with Gasteiger partial charge in [-0.05, 0) is 35.6 Å². The molecule has 2 aliphatic rings. The van der Waals surface area contributed by atoms with Crippen LogP contribution in [0.1, 0.15) is 25.0 Å². The molecule has 2 aliphatic heterocycles. The van der Waals surface area contributed by atoms with Crippen molar-refractivity contribution in [2.75, 3.05) is 24.5 Å². The van der Waals surface area contributed by atoms with E-state index < -0.39 is 12.0 Å². The number of carbonyl (C=O) groups is 1. The van der Waals surface area contributed by atoms with Gasteiger partial charge < -0.3 is 14.4 Å².